The van der Waals surface area contributed by atoms with Crippen LogP contribution >= 0.6 is 11.8 Å². The summed E-state index contributed by atoms with van der Waals surface area (Å²) in [6.07, 6.45) is -4.09. The second kappa shape index (κ2) is 9.29. The molecule has 0 saturated carbocycles. The lowest BCUT2D eigenvalue weighted by Crippen LogP contribution is -2.35. The van der Waals surface area contributed by atoms with Crippen molar-refractivity contribution in [1.29, 1.82) is 0 Å². The van der Waals surface area contributed by atoms with Gasteiger partial charge in [-0.1, -0.05) is 36.0 Å². The minimum Gasteiger partial charge on any atom is -0.346 e. The number of carbonyl (C=O) groups excluding carboxylic acids is 1. The van der Waals surface area contributed by atoms with Crippen molar-refractivity contribution in [2.24, 2.45) is 0 Å². The van der Waals surface area contributed by atoms with Gasteiger partial charge in [-0.15, -0.1) is 0 Å². The van der Waals surface area contributed by atoms with Crippen LogP contribution in [0.4, 0.5) is 17.6 Å². The zero-order valence-electron chi connectivity index (χ0n) is 15.6. The summed E-state index contributed by atoms with van der Waals surface area (Å²) in [6, 6.07) is 12.5. The third kappa shape index (κ3) is 5.82. The molecule has 3 rings (SSSR count). The number of amides is 1. The van der Waals surface area contributed by atoms with Gasteiger partial charge >= 0.3 is 6.18 Å². The molecule has 1 aromatic heterocycles. The first-order valence-corrected chi connectivity index (χ1v) is 9.92. The molecule has 0 saturated heterocycles. The predicted molar refractivity (Wildman–Crippen MR) is 106 cm³/mol. The molecular formula is C20H17F4N3O2S. The van der Waals surface area contributed by atoms with E-state index in [9.17, 15) is 27.2 Å². The van der Waals surface area contributed by atoms with Crippen LogP contribution in [0.15, 0.2) is 58.5 Å². The average molecular weight is 439 g/mol. The average Bonchev–Trinajstić information content (AvgIpc) is 2.71. The summed E-state index contributed by atoms with van der Waals surface area (Å²) < 4.78 is 51.2. The van der Waals surface area contributed by atoms with Gasteiger partial charge in [-0.25, -0.2) is 9.37 Å². The third-order valence-corrected chi connectivity index (χ3v) is 5.16. The molecular weight excluding hydrogens is 422 g/mol. The number of hydrogen-bond donors (Lipinski definition) is 1. The van der Waals surface area contributed by atoms with Gasteiger partial charge in [0.25, 0.3) is 5.56 Å². The summed E-state index contributed by atoms with van der Waals surface area (Å²) in [5.74, 6) is -1.51. The van der Waals surface area contributed by atoms with Crippen molar-refractivity contribution in [3.8, 4) is 0 Å². The van der Waals surface area contributed by atoms with E-state index in [1.54, 1.807) is 41.7 Å². The van der Waals surface area contributed by atoms with Crippen LogP contribution in [0.1, 0.15) is 5.56 Å². The lowest BCUT2D eigenvalue weighted by molar-refractivity contribution is -0.136. The summed E-state index contributed by atoms with van der Waals surface area (Å²) in [5, 5.41) is 2.41. The summed E-state index contributed by atoms with van der Waals surface area (Å²) in [7, 11) is 0. The molecule has 0 spiro atoms. The van der Waals surface area contributed by atoms with Gasteiger partial charge in [0.15, 0.2) is 5.16 Å². The topological polar surface area (TPSA) is 64.0 Å². The molecule has 158 valence electrons. The molecule has 0 aliphatic carbocycles. The van der Waals surface area contributed by atoms with Gasteiger partial charge in [0, 0.05) is 6.54 Å². The predicted octanol–water partition coefficient (Wildman–Crippen LogP) is 3.55. The lowest BCUT2D eigenvalue weighted by atomic mass is 10.1. The highest BCUT2D eigenvalue weighted by atomic mass is 32.2. The quantitative estimate of drug-likeness (QED) is 0.348. The van der Waals surface area contributed by atoms with E-state index in [0.717, 1.165) is 17.3 Å². The summed E-state index contributed by atoms with van der Waals surface area (Å²) in [6.45, 7) is -1.20. The van der Waals surface area contributed by atoms with E-state index in [-0.39, 0.29) is 28.8 Å². The number of nitrogens with one attached hydrogen (secondary N) is 1. The van der Waals surface area contributed by atoms with Crippen LogP contribution < -0.4 is 10.9 Å². The Labute approximate surface area is 173 Å². The highest BCUT2D eigenvalue weighted by Crippen LogP contribution is 2.19. The largest absolute Gasteiger partial charge is 0.405 e. The molecule has 10 heteroatoms. The summed E-state index contributed by atoms with van der Waals surface area (Å²) >= 11 is 0.885. The standard InChI is InChI=1S/C20H17F4N3O2S/c21-14-7-5-13(6-8-14)9-10-27-18(29)15-3-1-2-4-16(15)26-19(27)30-11-17(28)25-12-20(22,23)24/h1-8H,9-12H2,(H,25,28). The van der Waals surface area contributed by atoms with Gasteiger partial charge in [0.05, 0.1) is 16.7 Å². The Morgan fingerprint density at radius 3 is 2.50 bits per heavy atom. The third-order valence-electron chi connectivity index (χ3n) is 4.18. The van der Waals surface area contributed by atoms with Crippen LogP contribution in [0.2, 0.25) is 0 Å². The Balaban J connectivity index is 1.82. The molecule has 0 bridgehead atoms. The molecule has 0 radical (unpaired) electrons. The first kappa shape index (κ1) is 21.8. The first-order chi connectivity index (χ1) is 14.2. The number of benzene rings is 2. The van der Waals surface area contributed by atoms with Crippen LogP contribution in [-0.4, -0.2) is 33.9 Å². The van der Waals surface area contributed by atoms with E-state index in [1.165, 1.54) is 16.7 Å². The zero-order chi connectivity index (χ0) is 21.7. The minimum atomic E-state index is -4.50. The van der Waals surface area contributed by atoms with E-state index in [0.29, 0.717) is 17.3 Å². The molecule has 30 heavy (non-hydrogen) atoms. The lowest BCUT2D eigenvalue weighted by Gasteiger charge is -2.13. The van der Waals surface area contributed by atoms with Gasteiger partial charge in [-0.05, 0) is 36.2 Å². The van der Waals surface area contributed by atoms with E-state index in [4.69, 9.17) is 0 Å². The van der Waals surface area contributed by atoms with Crippen LogP contribution in [0.25, 0.3) is 10.9 Å². The molecule has 0 unspecified atom stereocenters. The van der Waals surface area contributed by atoms with Gasteiger partial charge in [-0.2, -0.15) is 13.2 Å². The summed E-state index contributed by atoms with van der Waals surface area (Å²) in [4.78, 5) is 29.1. The van der Waals surface area contributed by atoms with Crippen molar-refractivity contribution in [3.63, 3.8) is 0 Å². The van der Waals surface area contributed by atoms with E-state index >= 15 is 0 Å². The SMILES string of the molecule is O=C(CSc1nc2ccccc2c(=O)n1CCc1ccc(F)cc1)NCC(F)(F)F. The maximum atomic E-state index is 13.1. The number of hydrogen-bond acceptors (Lipinski definition) is 4. The van der Waals surface area contributed by atoms with Crippen molar-refractivity contribution < 1.29 is 22.4 Å². The van der Waals surface area contributed by atoms with E-state index in [1.807, 2.05) is 0 Å². The second-order valence-electron chi connectivity index (χ2n) is 6.43. The maximum absolute atomic E-state index is 13.1. The molecule has 0 fully saturated rings. The number of rotatable bonds is 7. The number of aryl methyl sites for hydroxylation is 1. The van der Waals surface area contributed by atoms with Gasteiger partial charge in [0.2, 0.25) is 5.91 Å². The fourth-order valence-electron chi connectivity index (χ4n) is 2.73. The molecule has 5 nitrogen and oxygen atoms in total. The van der Waals surface area contributed by atoms with Crippen molar-refractivity contribution >= 4 is 28.6 Å². The fourth-order valence-corrected chi connectivity index (χ4v) is 3.58. The smallest absolute Gasteiger partial charge is 0.346 e. The minimum absolute atomic E-state index is 0.217. The number of nitrogens with zero attached hydrogens (tertiary/aromatic N) is 2. The van der Waals surface area contributed by atoms with Crippen molar-refractivity contribution in [2.75, 3.05) is 12.3 Å². The Hall–Kier alpha value is -2.88. The van der Waals surface area contributed by atoms with Crippen LogP contribution in [0, 0.1) is 5.82 Å². The molecule has 1 amide bonds. The van der Waals surface area contributed by atoms with E-state index < -0.39 is 18.6 Å². The molecule has 2 aromatic carbocycles. The normalized spacial score (nSPS) is 11.6. The Kier molecular flexibility index (Phi) is 6.76. The van der Waals surface area contributed by atoms with Gasteiger partial charge < -0.3 is 5.32 Å². The molecule has 0 aliphatic rings. The van der Waals surface area contributed by atoms with E-state index in [2.05, 4.69) is 4.98 Å². The number of para-hydroxylation sites is 1. The number of aromatic nitrogens is 2. The monoisotopic (exact) mass is 439 g/mol. The van der Waals surface area contributed by atoms with Crippen molar-refractivity contribution in [1.82, 2.24) is 14.9 Å². The fraction of sp³-hybridized carbons (Fsp3) is 0.250. The molecule has 0 aliphatic heterocycles. The highest BCUT2D eigenvalue weighted by molar-refractivity contribution is 7.99. The van der Waals surface area contributed by atoms with Crippen LogP contribution in [-0.2, 0) is 17.8 Å². The van der Waals surface area contributed by atoms with Gasteiger partial charge in [0.1, 0.15) is 12.4 Å². The number of alkyl halides is 3. The summed E-state index contributed by atoms with van der Waals surface area (Å²) in [5.41, 5.74) is 0.912. The van der Waals surface area contributed by atoms with Gasteiger partial charge in [-0.3, -0.25) is 14.2 Å². The zero-order valence-corrected chi connectivity index (χ0v) is 16.4. The second-order valence-corrected chi connectivity index (χ2v) is 7.37. The molecule has 1 N–H and O–H groups in total. The first-order valence-electron chi connectivity index (χ1n) is 8.93. The van der Waals surface area contributed by atoms with Crippen LogP contribution in [0.5, 0.6) is 0 Å². The Morgan fingerprint density at radius 2 is 1.80 bits per heavy atom. The highest BCUT2D eigenvalue weighted by Gasteiger charge is 2.27. The number of halogens is 4. The number of thioether (sulfide) groups is 1. The molecule has 1 heterocycles. The van der Waals surface area contributed by atoms with Crippen molar-refractivity contribution in [3.05, 3.63) is 70.3 Å². The van der Waals surface area contributed by atoms with Crippen LogP contribution in [0.3, 0.4) is 0 Å². The number of carbonyl (C=O) groups is 1. The Bertz CT molecular complexity index is 1100. The maximum Gasteiger partial charge on any atom is 0.405 e. The number of fused-ring (bicyclic) bond motifs is 1. The Morgan fingerprint density at radius 1 is 1.10 bits per heavy atom. The molecule has 3 aromatic rings. The van der Waals surface area contributed by atoms with Crippen molar-refractivity contribution in [2.45, 2.75) is 24.3 Å². The molecule has 0 atom stereocenters.